The summed E-state index contributed by atoms with van der Waals surface area (Å²) in [5.41, 5.74) is 1.44. The van der Waals surface area contributed by atoms with Crippen LogP contribution < -0.4 is 5.32 Å². The molecule has 0 unspecified atom stereocenters. The lowest BCUT2D eigenvalue weighted by Crippen LogP contribution is -2.31. The van der Waals surface area contributed by atoms with E-state index < -0.39 is 0 Å². The maximum absolute atomic E-state index is 12.0. The first-order valence-corrected chi connectivity index (χ1v) is 6.10. The summed E-state index contributed by atoms with van der Waals surface area (Å²) in [4.78, 5) is 18.1. The van der Waals surface area contributed by atoms with E-state index in [-0.39, 0.29) is 11.7 Å². The number of hydrogen-bond acceptors (Lipinski definition) is 4. The first kappa shape index (κ1) is 13.3. The normalized spacial score (nSPS) is 10.7. The van der Waals surface area contributed by atoms with Gasteiger partial charge >= 0.3 is 0 Å². The molecule has 1 amide bonds. The van der Waals surface area contributed by atoms with Crippen molar-refractivity contribution in [1.82, 2.24) is 15.2 Å². The second kappa shape index (κ2) is 6.15. The highest BCUT2D eigenvalue weighted by Crippen LogP contribution is 2.21. The Morgan fingerprint density at radius 1 is 1.32 bits per heavy atom. The van der Waals surface area contributed by atoms with Crippen molar-refractivity contribution in [3.63, 3.8) is 0 Å². The van der Waals surface area contributed by atoms with Crippen molar-refractivity contribution in [2.75, 3.05) is 27.2 Å². The van der Waals surface area contributed by atoms with Gasteiger partial charge in [-0.2, -0.15) is 0 Å². The lowest BCUT2D eigenvalue weighted by atomic mass is 10.1. The van der Waals surface area contributed by atoms with Crippen LogP contribution in [-0.4, -0.2) is 43.0 Å². The molecule has 0 radical (unpaired) electrons. The van der Waals surface area contributed by atoms with E-state index in [9.17, 15) is 4.79 Å². The van der Waals surface area contributed by atoms with Gasteiger partial charge in [-0.15, -0.1) is 0 Å². The highest BCUT2D eigenvalue weighted by Gasteiger charge is 2.17. The second-order valence-corrected chi connectivity index (χ2v) is 4.46. The summed E-state index contributed by atoms with van der Waals surface area (Å²) < 4.78 is 5.20. The SMILES string of the molecule is CN(C)CCNC(=O)c1ocnc1-c1ccccc1. The summed E-state index contributed by atoms with van der Waals surface area (Å²) in [6.45, 7) is 1.35. The number of hydrogen-bond donors (Lipinski definition) is 1. The van der Waals surface area contributed by atoms with E-state index in [1.54, 1.807) is 0 Å². The second-order valence-electron chi connectivity index (χ2n) is 4.46. The molecule has 1 heterocycles. The molecule has 1 aromatic carbocycles. The minimum Gasteiger partial charge on any atom is -0.438 e. The molecule has 0 fully saturated rings. The van der Waals surface area contributed by atoms with Crippen LogP contribution in [0.5, 0.6) is 0 Å². The third-order valence-electron chi connectivity index (χ3n) is 2.67. The highest BCUT2D eigenvalue weighted by molar-refractivity contribution is 5.97. The van der Waals surface area contributed by atoms with Crippen molar-refractivity contribution < 1.29 is 9.21 Å². The quantitative estimate of drug-likeness (QED) is 0.886. The van der Waals surface area contributed by atoms with Gasteiger partial charge in [0.25, 0.3) is 5.91 Å². The van der Waals surface area contributed by atoms with Crippen LogP contribution in [-0.2, 0) is 0 Å². The van der Waals surface area contributed by atoms with Gasteiger partial charge in [0.05, 0.1) is 0 Å². The lowest BCUT2D eigenvalue weighted by Gasteiger charge is -2.09. The lowest BCUT2D eigenvalue weighted by molar-refractivity contribution is 0.0924. The zero-order valence-corrected chi connectivity index (χ0v) is 11.1. The van der Waals surface area contributed by atoms with Gasteiger partial charge in [-0.05, 0) is 14.1 Å². The summed E-state index contributed by atoms with van der Waals surface area (Å²) in [5, 5.41) is 2.81. The molecule has 0 spiro atoms. The summed E-state index contributed by atoms with van der Waals surface area (Å²) >= 11 is 0. The largest absolute Gasteiger partial charge is 0.438 e. The number of carbonyl (C=O) groups is 1. The number of amides is 1. The van der Waals surface area contributed by atoms with E-state index in [4.69, 9.17) is 4.42 Å². The van der Waals surface area contributed by atoms with Crippen molar-refractivity contribution in [2.24, 2.45) is 0 Å². The van der Waals surface area contributed by atoms with Crippen molar-refractivity contribution >= 4 is 5.91 Å². The van der Waals surface area contributed by atoms with E-state index >= 15 is 0 Å². The zero-order chi connectivity index (χ0) is 13.7. The van der Waals surface area contributed by atoms with Gasteiger partial charge in [0.1, 0.15) is 5.69 Å². The van der Waals surface area contributed by atoms with Crippen LogP contribution in [0, 0.1) is 0 Å². The van der Waals surface area contributed by atoms with E-state index in [1.807, 2.05) is 49.3 Å². The first-order valence-electron chi connectivity index (χ1n) is 6.10. The van der Waals surface area contributed by atoms with Crippen LogP contribution in [0.1, 0.15) is 10.6 Å². The van der Waals surface area contributed by atoms with Crippen LogP contribution in [0.3, 0.4) is 0 Å². The van der Waals surface area contributed by atoms with Crippen LogP contribution in [0.15, 0.2) is 41.1 Å². The van der Waals surface area contributed by atoms with E-state index in [0.717, 1.165) is 12.1 Å². The van der Waals surface area contributed by atoms with Crippen LogP contribution in [0.4, 0.5) is 0 Å². The maximum atomic E-state index is 12.0. The minimum atomic E-state index is -0.238. The molecular formula is C14H17N3O2. The number of nitrogens with zero attached hydrogens (tertiary/aromatic N) is 2. The topological polar surface area (TPSA) is 58.4 Å². The first-order chi connectivity index (χ1) is 9.18. The van der Waals surface area contributed by atoms with Gasteiger partial charge < -0.3 is 14.6 Å². The third kappa shape index (κ3) is 3.42. The Balaban J connectivity index is 2.09. The molecule has 2 rings (SSSR count). The molecule has 1 N–H and O–H groups in total. The molecule has 0 aliphatic heterocycles. The van der Waals surface area contributed by atoms with Crippen LogP contribution in [0.2, 0.25) is 0 Å². The molecule has 0 aliphatic carbocycles. The van der Waals surface area contributed by atoms with Crippen LogP contribution in [0.25, 0.3) is 11.3 Å². The Hall–Kier alpha value is -2.14. The average Bonchev–Trinajstić information content (AvgIpc) is 2.88. The van der Waals surface area contributed by atoms with Crippen molar-refractivity contribution in [3.8, 4) is 11.3 Å². The number of likely N-dealkylation sites (N-methyl/N-ethyl adjacent to an activating group) is 1. The molecule has 2 aromatic rings. The van der Waals surface area contributed by atoms with Crippen molar-refractivity contribution in [2.45, 2.75) is 0 Å². The Kier molecular flexibility index (Phi) is 4.30. The molecular weight excluding hydrogens is 242 g/mol. The Morgan fingerprint density at radius 3 is 2.74 bits per heavy atom. The fourth-order valence-electron chi connectivity index (χ4n) is 1.68. The van der Waals surface area contributed by atoms with E-state index in [2.05, 4.69) is 10.3 Å². The van der Waals surface area contributed by atoms with Crippen molar-refractivity contribution in [1.29, 1.82) is 0 Å². The Bertz CT molecular complexity index is 535. The summed E-state index contributed by atoms with van der Waals surface area (Å²) in [6.07, 6.45) is 1.29. The van der Waals surface area contributed by atoms with Gasteiger partial charge in [0, 0.05) is 18.7 Å². The number of rotatable bonds is 5. The fourth-order valence-corrected chi connectivity index (χ4v) is 1.68. The molecule has 5 nitrogen and oxygen atoms in total. The van der Waals surface area contributed by atoms with Crippen molar-refractivity contribution in [3.05, 3.63) is 42.5 Å². The fraction of sp³-hybridized carbons (Fsp3) is 0.286. The molecule has 0 atom stereocenters. The molecule has 0 aliphatic rings. The van der Waals surface area contributed by atoms with E-state index in [1.165, 1.54) is 6.39 Å². The standard InChI is InChI=1S/C14H17N3O2/c1-17(2)9-8-15-14(18)13-12(16-10-19-13)11-6-4-3-5-7-11/h3-7,10H,8-9H2,1-2H3,(H,15,18). The average molecular weight is 259 g/mol. The van der Waals surface area contributed by atoms with Gasteiger partial charge in [-0.1, -0.05) is 30.3 Å². The third-order valence-corrected chi connectivity index (χ3v) is 2.67. The number of nitrogens with one attached hydrogen (secondary N) is 1. The predicted octanol–water partition coefficient (Wildman–Crippen LogP) is 1.63. The minimum absolute atomic E-state index is 0.238. The van der Waals surface area contributed by atoms with Gasteiger partial charge in [0.15, 0.2) is 6.39 Å². The predicted molar refractivity (Wildman–Crippen MR) is 72.8 cm³/mol. The summed E-state index contributed by atoms with van der Waals surface area (Å²) in [5.74, 6) is 0.0168. The van der Waals surface area contributed by atoms with Gasteiger partial charge in [-0.3, -0.25) is 4.79 Å². The number of benzene rings is 1. The molecule has 0 saturated heterocycles. The molecule has 100 valence electrons. The van der Waals surface area contributed by atoms with Crippen LogP contribution >= 0.6 is 0 Å². The number of oxazole rings is 1. The molecule has 0 saturated carbocycles. The number of carbonyl (C=O) groups excluding carboxylic acids is 1. The Labute approximate surface area is 112 Å². The summed E-state index contributed by atoms with van der Waals surface area (Å²) in [7, 11) is 3.91. The Morgan fingerprint density at radius 2 is 2.05 bits per heavy atom. The monoisotopic (exact) mass is 259 g/mol. The molecule has 19 heavy (non-hydrogen) atoms. The maximum Gasteiger partial charge on any atom is 0.289 e. The van der Waals surface area contributed by atoms with E-state index in [0.29, 0.717) is 12.2 Å². The van der Waals surface area contributed by atoms with Gasteiger partial charge in [0.2, 0.25) is 5.76 Å². The molecule has 1 aromatic heterocycles. The van der Waals surface area contributed by atoms with Gasteiger partial charge in [-0.25, -0.2) is 4.98 Å². The number of aromatic nitrogens is 1. The highest BCUT2D eigenvalue weighted by atomic mass is 16.3. The molecule has 0 bridgehead atoms. The molecule has 5 heteroatoms. The summed E-state index contributed by atoms with van der Waals surface area (Å²) in [6, 6.07) is 9.51. The zero-order valence-electron chi connectivity index (χ0n) is 11.1. The smallest absolute Gasteiger partial charge is 0.289 e.